The van der Waals surface area contributed by atoms with Crippen molar-refractivity contribution in [3.05, 3.63) is 53.7 Å². The Labute approximate surface area is 117 Å². The molecular formula is C16H15N3O. The first-order valence-electron chi connectivity index (χ1n) is 6.41. The van der Waals surface area contributed by atoms with Crippen LogP contribution in [-0.2, 0) is 0 Å². The first-order chi connectivity index (χ1) is 9.65. The van der Waals surface area contributed by atoms with Crippen molar-refractivity contribution in [1.29, 1.82) is 0 Å². The normalized spacial score (nSPS) is 10.7. The van der Waals surface area contributed by atoms with E-state index in [2.05, 4.69) is 9.97 Å². The summed E-state index contributed by atoms with van der Waals surface area (Å²) >= 11 is 0. The molecular weight excluding hydrogens is 250 g/mol. The van der Waals surface area contributed by atoms with Gasteiger partial charge < -0.3 is 10.5 Å². The SMILES string of the molecule is Cc1cccc(N)c1Oc1nc2ccccc2nc1C. The van der Waals surface area contributed by atoms with Gasteiger partial charge in [0.25, 0.3) is 0 Å². The highest BCUT2D eigenvalue weighted by Gasteiger charge is 2.11. The van der Waals surface area contributed by atoms with Crippen LogP contribution in [0.3, 0.4) is 0 Å². The first-order valence-corrected chi connectivity index (χ1v) is 6.41. The van der Waals surface area contributed by atoms with E-state index < -0.39 is 0 Å². The minimum absolute atomic E-state index is 0.490. The van der Waals surface area contributed by atoms with Crippen LogP contribution in [0.2, 0.25) is 0 Å². The third-order valence-electron chi connectivity index (χ3n) is 3.14. The summed E-state index contributed by atoms with van der Waals surface area (Å²) in [6.45, 7) is 3.83. The Bertz CT molecular complexity index is 764. The average Bonchev–Trinajstić information content (AvgIpc) is 2.43. The van der Waals surface area contributed by atoms with Gasteiger partial charge >= 0.3 is 0 Å². The van der Waals surface area contributed by atoms with Crippen LogP contribution in [0.25, 0.3) is 11.0 Å². The number of nitrogen functional groups attached to an aromatic ring is 1. The molecule has 20 heavy (non-hydrogen) atoms. The number of ether oxygens (including phenoxy) is 1. The lowest BCUT2D eigenvalue weighted by atomic mass is 10.2. The van der Waals surface area contributed by atoms with Crippen LogP contribution in [0.5, 0.6) is 11.6 Å². The van der Waals surface area contributed by atoms with E-state index in [1.54, 1.807) is 0 Å². The molecule has 4 heteroatoms. The Morgan fingerprint density at radius 1 is 0.900 bits per heavy atom. The number of nitrogens with zero attached hydrogens (tertiary/aromatic N) is 2. The number of aryl methyl sites for hydroxylation is 2. The smallest absolute Gasteiger partial charge is 0.241 e. The van der Waals surface area contributed by atoms with Crippen molar-refractivity contribution in [1.82, 2.24) is 9.97 Å². The molecule has 0 saturated heterocycles. The summed E-state index contributed by atoms with van der Waals surface area (Å²) in [6.07, 6.45) is 0. The van der Waals surface area contributed by atoms with E-state index >= 15 is 0 Å². The number of rotatable bonds is 2. The number of hydrogen-bond acceptors (Lipinski definition) is 4. The Morgan fingerprint density at radius 2 is 1.60 bits per heavy atom. The second kappa shape index (κ2) is 4.81. The molecule has 1 heterocycles. The van der Waals surface area contributed by atoms with E-state index in [9.17, 15) is 0 Å². The third kappa shape index (κ3) is 2.16. The third-order valence-corrected chi connectivity index (χ3v) is 3.14. The molecule has 3 aromatic rings. The largest absolute Gasteiger partial charge is 0.435 e. The number of nitrogens with two attached hydrogens (primary N) is 1. The van der Waals surface area contributed by atoms with Crippen LogP contribution < -0.4 is 10.5 Å². The molecule has 0 amide bonds. The van der Waals surface area contributed by atoms with Gasteiger partial charge in [0, 0.05) is 0 Å². The summed E-state index contributed by atoms with van der Waals surface area (Å²) in [5.41, 5.74) is 9.93. The van der Waals surface area contributed by atoms with E-state index in [0.29, 0.717) is 17.3 Å². The van der Waals surface area contributed by atoms with Gasteiger partial charge in [0.2, 0.25) is 5.88 Å². The van der Waals surface area contributed by atoms with Crippen LogP contribution in [0.15, 0.2) is 42.5 Å². The highest BCUT2D eigenvalue weighted by Crippen LogP contribution is 2.31. The second-order valence-corrected chi connectivity index (χ2v) is 4.70. The lowest BCUT2D eigenvalue weighted by Crippen LogP contribution is -1.99. The molecule has 0 fully saturated rings. The molecule has 0 radical (unpaired) electrons. The first kappa shape index (κ1) is 12.4. The molecule has 3 rings (SSSR count). The van der Waals surface area contributed by atoms with Crippen LogP contribution in [0.4, 0.5) is 5.69 Å². The molecule has 2 N–H and O–H groups in total. The number of fused-ring (bicyclic) bond motifs is 1. The van der Waals surface area contributed by atoms with E-state index in [1.165, 1.54) is 0 Å². The Hall–Kier alpha value is -2.62. The molecule has 0 aliphatic rings. The molecule has 1 aromatic heterocycles. The van der Waals surface area contributed by atoms with Crippen molar-refractivity contribution in [3.63, 3.8) is 0 Å². The lowest BCUT2D eigenvalue weighted by molar-refractivity contribution is 0.457. The van der Waals surface area contributed by atoms with Gasteiger partial charge in [-0.15, -0.1) is 0 Å². The Morgan fingerprint density at radius 3 is 2.30 bits per heavy atom. The minimum atomic E-state index is 0.490. The minimum Gasteiger partial charge on any atom is -0.435 e. The molecule has 4 nitrogen and oxygen atoms in total. The Balaban J connectivity index is 2.09. The van der Waals surface area contributed by atoms with Crippen LogP contribution in [-0.4, -0.2) is 9.97 Å². The van der Waals surface area contributed by atoms with E-state index in [4.69, 9.17) is 10.5 Å². The van der Waals surface area contributed by atoms with Crippen LogP contribution in [0.1, 0.15) is 11.3 Å². The molecule has 0 atom stereocenters. The van der Waals surface area contributed by atoms with Gasteiger partial charge in [-0.25, -0.2) is 9.97 Å². The zero-order valence-electron chi connectivity index (χ0n) is 11.4. The number of hydrogen-bond donors (Lipinski definition) is 1. The number of benzene rings is 2. The van der Waals surface area contributed by atoms with Gasteiger partial charge in [0.05, 0.1) is 16.7 Å². The quantitative estimate of drug-likeness (QED) is 0.719. The zero-order valence-corrected chi connectivity index (χ0v) is 11.4. The van der Waals surface area contributed by atoms with E-state index in [0.717, 1.165) is 22.3 Å². The molecule has 2 aromatic carbocycles. The summed E-state index contributed by atoms with van der Waals surface area (Å²) in [5.74, 6) is 1.13. The molecule has 0 aliphatic heterocycles. The molecule has 0 spiro atoms. The summed E-state index contributed by atoms with van der Waals surface area (Å²) in [6, 6.07) is 13.4. The summed E-state index contributed by atoms with van der Waals surface area (Å²) in [7, 11) is 0. The maximum atomic E-state index is 5.96. The van der Waals surface area contributed by atoms with Crippen molar-refractivity contribution < 1.29 is 4.74 Å². The highest BCUT2D eigenvalue weighted by molar-refractivity contribution is 5.74. The average molecular weight is 265 g/mol. The molecule has 0 saturated carbocycles. The van der Waals surface area contributed by atoms with Crippen molar-refractivity contribution in [2.75, 3.05) is 5.73 Å². The standard InChI is InChI=1S/C16H15N3O/c1-10-6-5-7-12(17)15(10)20-16-11(2)18-13-8-3-4-9-14(13)19-16/h3-9H,17H2,1-2H3. The maximum Gasteiger partial charge on any atom is 0.241 e. The summed E-state index contributed by atoms with van der Waals surface area (Å²) < 4.78 is 5.88. The van der Waals surface area contributed by atoms with Gasteiger partial charge in [0.15, 0.2) is 5.75 Å². The fraction of sp³-hybridized carbons (Fsp3) is 0.125. The molecule has 0 aliphatic carbocycles. The van der Waals surface area contributed by atoms with Gasteiger partial charge in [-0.1, -0.05) is 24.3 Å². The maximum absolute atomic E-state index is 5.96. The summed E-state index contributed by atoms with van der Waals surface area (Å²) in [5, 5.41) is 0. The fourth-order valence-corrected chi connectivity index (χ4v) is 2.08. The van der Waals surface area contributed by atoms with Crippen molar-refractivity contribution in [2.45, 2.75) is 13.8 Å². The lowest BCUT2D eigenvalue weighted by Gasteiger charge is -2.12. The summed E-state index contributed by atoms with van der Waals surface area (Å²) in [4.78, 5) is 9.01. The van der Waals surface area contributed by atoms with E-state index in [-0.39, 0.29) is 0 Å². The predicted octanol–water partition coefficient (Wildman–Crippen LogP) is 3.62. The Kier molecular flexibility index (Phi) is 2.99. The molecule has 0 unspecified atom stereocenters. The number of para-hydroxylation sites is 3. The number of aromatic nitrogens is 2. The van der Waals surface area contributed by atoms with Crippen molar-refractivity contribution in [3.8, 4) is 11.6 Å². The van der Waals surface area contributed by atoms with Crippen molar-refractivity contribution >= 4 is 16.7 Å². The van der Waals surface area contributed by atoms with Crippen LogP contribution in [0, 0.1) is 13.8 Å². The zero-order chi connectivity index (χ0) is 14.1. The second-order valence-electron chi connectivity index (χ2n) is 4.70. The van der Waals surface area contributed by atoms with Gasteiger partial charge in [-0.2, -0.15) is 0 Å². The number of anilines is 1. The monoisotopic (exact) mass is 265 g/mol. The van der Waals surface area contributed by atoms with E-state index in [1.807, 2.05) is 56.3 Å². The van der Waals surface area contributed by atoms with Crippen LogP contribution >= 0.6 is 0 Å². The topological polar surface area (TPSA) is 61.0 Å². The molecule has 0 bridgehead atoms. The fourth-order valence-electron chi connectivity index (χ4n) is 2.08. The van der Waals surface area contributed by atoms with Gasteiger partial charge in [-0.3, -0.25) is 0 Å². The predicted molar refractivity (Wildman–Crippen MR) is 79.9 cm³/mol. The molecule has 100 valence electrons. The van der Waals surface area contributed by atoms with Gasteiger partial charge in [0.1, 0.15) is 5.69 Å². The van der Waals surface area contributed by atoms with Gasteiger partial charge in [-0.05, 0) is 37.6 Å². The highest BCUT2D eigenvalue weighted by atomic mass is 16.5. The van der Waals surface area contributed by atoms with Crippen molar-refractivity contribution in [2.24, 2.45) is 0 Å².